The third kappa shape index (κ3) is 4.52. The smallest absolute Gasteiger partial charge is 0.317 e. The number of likely N-dealkylation sites (tertiary alicyclic amines) is 1. The Balaban J connectivity index is 1.40. The zero-order valence-corrected chi connectivity index (χ0v) is 18.1. The number of halogens is 1. The van der Waals surface area contributed by atoms with E-state index in [-0.39, 0.29) is 28.9 Å². The van der Waals surface area contributed by atoms with Crippen molar-refractivity contribution in [3.8, 4) is 5.75 Å². The van der Waals surface area contributed by atoms with Crippen molar-refractivity contribution in [3.63, 3.8) is 0 Å². The minimum absolute atomic E-state index is 0.181. The molecule has 1 fully saturated rings. The van der Waals surface area contributed by atoms with Gasteiger partial charge in [-0.25, -0.2) is 17.6 Å². The predicted molar refractivity (Wildman–Crippen MR) is 114 cm³/mol. The van der Waals surface area contributed by atoms with Crippen LogP contribution in [-0.2, 0) is 16.4 Å². The zero-order chi connectivity index (χ0) is 22.0. The highest BCUT2D eigenvalue weighted by atomic mass is 32.2. The van der Waals surface area contributed by atoms with Crippen molar-refractivity contribution in [2.45, 2.75) is 36.3 Å². The second-order valence-corrected chi connectivity index (χ2v) is 9.83. The van der Waals surface area contributed by atoms with E-state index < -0.39 is 10.0 Å². The summed E-state index contributed by atoms with van der Waals surface area (Å²) in [4.78, 5) is 14.5. The zero-order valence-electron chi connectivity index (χ0n) is 17.3. The van der Waals surface area contributed by atoms with E-state index in [2.05, 4.69) is 5.32 Å². The van der Waals surface area contributed by atoms with Crippen LogP contribution in [-0.4, -0.2) is 62.5 Å². The fourth-order valence-corrected chi connectivity index (χ4v) is 5.68. The number of ether oxygens (including phenoxy) is 1. The van der Waals surface area contributed by atoms with E-state index >= 15 is 0 Å². The molecular weight excluding hydrogens is 421 g/mol. The second-order valence-electron chi connectivity index (χ2n) is 7.86. The molecule has 2 atom stereocenters. The van der Waals surface area contributed by atoms with E-state index in [1.807, 2.05) is 0 Å². The molecule has 2 aromatic rings. The number of carbonyl (C=O) groups excluding carboxylic acids is 1. The summed E-state index contributed by atoms with van der Waals surface area (Å²) < 4.78 is 46.6. The highest BCUT2D eigenvalue weighted by Gasteiger charge is 2.41. The lowest BCUT2D eigenvalue weighted by molar-refractivity contribution is 0.122. The Morgan fingerprint density at radius 1 is 1.13 bits per heavy atom. The number of nitrogens with zero attached hydrogens (tertiary/aromatic N) is 2. The van der Waals surface area contributed by atoms with E-state index in [1.165, 1.54) is 16.4 Å². The molecule has 2 amide bonds. The SMILES string of the molecule is CN1[C@H]2CCN(C(=O)NCCc3ccc(F)cc3)CC[C@@H]2Oc2ccccc2S1(=O)=O. The van der Waals surface area contributed by atoms with Crippen molar-refractivity contribution in [3.05, 3.63) is 59.9 Å². The van der Waals surface area contributed by atoms with Gasteiger partial charge < -0.3 is 15.0 Å². The number of rotatable bonds is 3. The summed E-state index contributed by atoms with van der Waals surface area (Å²) in [5, 5.41) is 2.90. The van der Waals surface area contributed by atoms with Crippen LogP contribution in [0, 0.1) is 5.82 Å². The summed E-state index contributed by atoms with van der Waals surface area (Å²) in [5.74, 6) is 0.0745. The van der Waals surface area contributed by atoms with Crippen molar-refractivity contribution in [2.24, 2.45) is 0 Å². The summed E-state index contributed by atoms with van der Waals surface area (Å²) in [6.07, 6.45) is 1.29. The van der Waals surface area contributed by atoms with Gasteiger partial charge in [0.2, 0.25) is 10.0 Å². The lowest BCUT2D eigenvalue weighted by Crippen LogP contribution is -2.45. The third-order valence-electron chi connectivity index (χ3n) is 5.95. The summed E-state index contributed by atoms with van der Waals surface area (Å²) in [6, 6.07) is 12.3. The standard InChI is InChI=1S/C22H26FN3O4S/c1-25-18-11-14-26(22(27)24-13-10-16-6-8-17(23)9-7-16)15-12-19(18)30-20-4-2-3-5-21(20)31(25,28)29/h2-9,18-19H,10-15H2,1H3,(H,24,27)/t18-,19-/m0/s1. The van der Waals surface area contributed by atoms with Crippen molar-refractivity contribution >= 4 is 16.1 Å². The number of fused-ring (bicyclic) bond motifs is 2. The van der Waals surface area contributed by atoms with Gasteiger partial charge in [0, 0.05) is 33.1 Å². The highest BCUT2D eigenvalue weighted by Crippen LogP contribution is 2.35. The first kappa shape index (κ1) is 21.6. The van der Waals surface area contributed by atoms with Gasteiger partial charge in [-0.15, -0.1) is 0 Å². The molecule has 0 bridgehead atoms. The lowest BCUT2D eigenvalue weighted by atomic mass is 10.1. The summed E-state index contributed by atoms with van der Waals surface area (Å²) in [7, 11) is -2.09. The van der Waals surface area contributed by atoms with E-state index in [9.17, 15) is 17.6 Å². The third-order valence-corrected chi connectivity index (χ3v) is 7.87. The van der Waals surface area contributed by atoms with Crippen molar-refractivity contribution < 1.29 is 22.3 Å². The average molecular weight is 448 g/mol. The van der Waals surface area contributed by atoms with Gasteiger partial charge in [-0.3, -0.25) is 0 Å². The molecule has 0 saturated carbocycles. The van der Waals surface area contributed by atoms with Crippen LogP contribution in [0.3, 0.4) is 0 Å². The molecule has 2 aromatic carbocycles. The largest absolute Gasteiger partial charge is 0.487 e. The molecule has 2 aliphatic rings. The summed E-state index contributed by atoms with van der Waals surface area (Å²) in [5.41, 5.74) is 0.943. The fourth-order valence-electron chi connectivity index (χ4n) is 4.15. The van der Waals surface area contributed by atoms with Crippen LogP contribution >= 0.6 is 0 Å². The van der Waals surface area contributed by atoms with Gasteiger partial charge in [-0.2, -0.15) is 4.31 Å². The maximum atomic E-state index is 13.0. The first-order chi connectivity index (χ1) is 14.9. The number of sulfonamides is 1. The Hall–Kier alpha value is -2.65. The number of hydrogen-bond donors (Lipinski definition) is 1. The van der Waals surface area contributed by atoms with Gasteiger partial charge in [-0.1, -0.05) is 24.3 Å². The minimum atomic E-state index is -3.67. The van der Waals surface area contributed by atoms with Crippen molar-refractivity contribution in [2.75, 3.05) is 26.7 Å². The van der Waals surface area contributed by atoms with Crippen molar-refractivity contribution in [1.29, 1.82) is 0 Å². The fraction of sp³-hybridized carbons (Fsp3) is 0.409. The van der Waals surface area contributed by atoms with Gasteiger partial charge in [0.05, 0.1) is 6.04 Å². The Kier molecular flexibility index (Phi) is 6.15. The maximum absolute atomic E-state index is 13.0. The first-order valence-electron chi connectivity index (χ1n) is 10.4. The molecular formula is C22H26FN3O4S. The number of benzene rings is 2. The molecule has 2 aliphatic heterocycles. The van der Waals surface area contributed by atoms with Crippen LogP contribution < -0.4 is 10.1 Å². The molecule has 0 unspecified atom stereocenters. The molecule has 1 saturated heterocycles. The van der Waals surface area contributed by atoms with Crippen LogP contribution in [0.2, 0.25) is 0 Å². The van der Waals surface area contributed by atoms with Crippen LogP contribution in [0.4, 0.5) is 9.18 Å². The molecule has 9 heteroatoms. The van der Waals surface area contributed by atoms with Crippen LogP contribution in [0.5, 0.6) is 5.75 Å². The molecule has 0 aromatic heterocycles. The van der Waals surface area contributed by atoms with E-state index in [1.54, 1.807) is 48.3 Å². The molecule has 0 radical (unpaired) electrons. The first-order valence-corrected chi connectivity index (χ1v) is 11.8. The normalized spacial score (nSPS) is 23.0. The van der Waals surface area contributed by atoms with Gasteiger partial charge in [0.1, 0.15) is 22.6 Å². The molecule has 0 aliphatic carbocycles. The van der Waals surface area contributed by atoms with E-state index in [0.29, 0.717) is 44.6 Å². The Labute approximate surface area is 181 Å². The van der Waals surface area contributed by atoms with Crippen LogP contribution in [0.1, 0.15) is 18.4 Å². The van der Waals surface area contributed by atoms with Crippen molar-refractivity contribution in [1.82, 2.24) is 14.5 Å². The summed E-state index contributed by atoms with van der Waals surface area (Å²) in [6.45, 7) is 1.34. The second kappa shape index (κ2) is 8.84. The van der Waals surface area contributed by atoms with E-state index in [0.717, 1.165) is 5.56 Å². The molecule has 31 heavy (non-hydrogen) atoms. The summed E-state index contributed by atoms with van der Waals surface area (Å²) >= 11 is 0. The molecule has 4 rings (SSSR count). The van der Waals surface area contributed by atoms with Gasteiger partial charge in [-0.05, 0) is 42.7 Å². The number of likely N-dealkylation sites (N-methyl/N-ethyl adjacent to an activating group) is 1. The quantitative estimate of drug-likeness (QED) is 0.785. The van der Waals surface area contributed by atoms with E-state index in [4.69, 9.17) is 4.74 Å². The number of carbonyl (C=O) groups is 1. The number of hydrogen-bond acceptors (Lipinski definition) is 4. The number of nitrogens with one attached hydrogen (secondary N) is 1. The van der Waals surface area contributed by atoms with Gasteiger partial charge >= 0.3 is 6.03 Å². The Morgan fingerprint density at radius 2 is 1.84 bits per heavy atom. The van der Waals surface area contributed by atoms with Gasteiger partial charge in [0.15, 0.2) is 0 Å². The number of urea groups is 1. The van der Waals surface area contributed by atoms with Gasteiger partial charge in [0.25, 0.3) is 0 Å². The Bertz CT molecular complexity index is 1040. The number of para-hydroxylation sites is 1. The molecule has 7 nitrogen and oxygen atoms in total. The maximum Gasteiger partial charge on any atom is 0.317 e. The number of amides is 2. The van der Waals surface area contributed by atoms with Crippen LogP contribution in [0.15, 0.2) is 53.4 Å². The van der Waals surface area contributed by atoms with Crippen LogP contribution in [0.25, 0.3) is 0 Å². The highest BCUT2D eigenvalue weighted by molar-refractivity contribution is 7.89. The monoisotopic (exact) mass is 447 g/mol. The molecule has 166 valence electrons. The Morgan fingerprint density at radius 3 is 2.61 bits per heavy atom. The molecule has 1 N–H and O–H groups in total. The minimum Gasteiger partial charge on any atom is -0.487 e. The molecule has 2 heterocycles. The predicted octanol–water partition coefficient (Wildman–Crippen LogP) is 2.62. The average Bonchev–Trinajstić information content (AvgIpc) is 3.00. The molecule has 0 spiro atoms. The topological polar surface area (TPSA) is 79.0 Å². The lowest BCUT2D eigenvalue weighted by Gasteiger charge is -2.28.